The second-order valence-electron chi connectivity index (χ2n) is 7.78. The summed E-state index contributed by atoms with van der Waals surface area (Å²) in [5.74, 6) is 2.05. The van der Waals surface area contributed by atoms with Crippen LogP contribution < -0.4 is 0 Å². The summed E-state index contributed by atoms with van der Waals surface area (Å²) in [7, 11) is 0. The first-order valence-electron chi connectivity index (χ1n) is 7.86. The van der Waals surface area contributed by atoms with Crippen LogP contribution in [0.3, 0.4) is 0 Å². The summed E-state index contributed by atoms with van der Waals surface area (Å²) in [6, 6.07) is -0.158. The summed E-state index contributed by atoms with van der Waals surface area (Å²) in [5, 5.41) is 21.4. The molecule has 0 saturated heterocycles. The van der Waals surface area contributed by atoms with Gasteiger partial charge in [-0.25, -0.2) is 4.68 Å². The number of carboxylic acids is 1. The maximum absolute atomic E-state index is 11.2. The van der Waals surface area contributed by atoms with Crippen LogP contribution in [0, 0.1) is 17.3 Å². The molecule has 1 heterocycles. The average Bonchev–Trinajstić information content (AvgIpc) is 2.81. The molecule has 3 unspecified atom stereocenters. The van der Waals surface area contributed by atoms with Crippen molar-refractivity contribution < 1.29 is 9.90 Å². The van der Waals surface area contributed by atoms with E-state index >= 15 is 0 Å². The Morgan fingerprint density at radius 3 is 2.62 bits per heavy atom. The molecule has 21 heavy (non-hydrogen) atoms. The van der Waals surface area contributed by atoms with E-state index < -0.39 is 5.97 Å². The van der Waals surface area contributed by atoms with Gasteiger partial charge >= 0.3 is 5.97 Å². The molecule has 0 radical (unpaired) electrons. The zero-order valence-corrected chi connectivity index (χ0v) is 13.0. The molecule has 0 bridgehead atoms. The lowest BCUT2D eigenvalue weighted by Gasteiger charge is -2.25. The number of aliphatic carboxylic acids is 1. The van der Waals surface area contributed by atoms with Crippen molar-refractivity contribution in [3.8, 4) is 0 Å². The molecule has 2 saturated carbocycles. The first kappa shape index (κ1) is 14.5. The number of tetrazole rings is 1. The molecule has 6 heteroatoms. The van der Waals surface area contributed by atoms with Gasteiger partial charge in [0.15, 0.2) is 5.82 Å². The van der Waals surface area contributed by atoms with E-state index in [4.69, 9.17) is 0 Å². The first-order chi connectivity index (χ1) is 9.87. The number of rotatable bonds is 5. The largest absolute Gasteiger partial charge is 0.481 e. The van der Waals surface area contributed by atoms with Crippen molar-refractivity contribution in [3.63, 3.8) is 0 Å². The highest BCUT2D eigenvalue weighted by Gasteiger charge is 2.56. The summed E-state index contributed by atoms with van der Waals surface area (Å²) < 4.78 is 1.81. The van der Waals surface area contributed by atoms with Crippen LogP contribution >= 0.6 is 0 Å². The Labute approximate surface area is 124 Å². The standard InChI is InChI=1S/C15H24N4O2/c1-15(2,3)8-9(7-12(20)21)19-14(16-17-18-19)13-10-5-4-6-11(10)13/h9-11,13H,4-8H2,1-3H3,(H,20,21). The second-order valence-corrected chi connectivity index (χ2v) is 7.78. The molecule has 1 aromatic rings. The highest BCUT2D eigenvalue weighted by Crippen LogP contribution is 2.62. The fourth-order valence-corrected chi connectivity index (χ4v) is 4.04. The Kier molecular flexibility index (Phi) is 3.50. The van der Waals surface area contributed by atoms with Crippen LogP contribution in [0.25, 0.3) is 0 Å². The summed E-state index contributed by atoms with van der Waals surface area (Å²) in [4.78, 5) is 11.2. The maximum atomic E-state index is 11.2. The summed E-state index contributed by atoms with van der Waals surface area (Å²) in [6.07, 6.45) is 4.70. The lowest BCUT2D eigenvalue weighted by atomic mass is 9.87. The van der Waals surface area contributed by atoms with E-state index in [1.54, 1.807) is 0 Å². The van der Waals surface area contributed by atoms with Gasteiger partial charge in [-0.05, 0) is 46.9 Å². The molecule has 2 aliphatic rings. The minimum atomic E-state index is -0.790. The average molecular weight is 292 g/mol. The fourth-order valence-electron chi connectivity index (χ4n) is 4.04. The molecule has 2 fully saturated rings. The van der Waals surface area contributed by atoms with E-state index in [9.17, 15) is 9.90 Å². The first-order valence-corrected chi connectivity index (χ1v) is 7.86. The predicted octanol–water partition coefficient (Wildman–Crippen LogP) is 2.64. The number of hydrogen-bond donors (Lipinski definition) is 1. The fraction of sp³-hybridized carbons (Fsp3) is 0.867. The van der Waals surface area contributed by atoms with Crippen LogP contribution in [-0.2, 0) is 4.79 Å². The van der Waals surface area contributed by atoms with Gasteiger partial charge in [-0.15, -0.1) is 5.10 Å². The molecular formula is C15H24N4O2. The van der Waals surface area contributed by atoms with Crippen molar-refractivity contribution in [2.75, 3.05) is 0 Å². The van der Waals surface area contributed by atoms with Crippen molar-refractivity contribution in [2.24, 2.45) is 17.3 Å². The van der Waals surface area contributed by atoms with Gasteiger partial charge in [-0.3, -0.25) is 4.79 Å². The molecule has 1 N–H and O–H groups in total. The molecule has 116 valence electrons. The van der Waals surface area contributed by atoms with E-state index in [0.29, 0.717) is 5.92 Å². The Morgan fingerprint density at radius 1 is 1.38 bits per heavy atom. The van der Waals surface area contributed by atoms with Gasteiger partial charge in [0.1, 0.15) is 0 Å². The summed E-state index contributed by atoms with van der Waals surface area (Å²) in [6.45, 7) is 6.37. The lowest BCUT2D eigenvalue weighted by molar-refractivity contribution is -0.138. The molecule has 0 amide bonds. The lowest BCUT2D eigenvalue weighted by Crippen LogP contribution is -2.23. The molecule has 0 spiro atoms. The number of hydrogen-bond acceptors (Lipinski definition) is 4. The molecule has 0 aromatic carbocycles. The highest BCUT2D eigenvalue weighted by atomic mass is 16.4. The van der Waals surface area contributed by atoms with Gasteiger partial charge in [0.05, 0.1) is 12.5 Å². The molecule has 3 atom stereocenters. The van der Waals surface area contributed by atoms with Crippen molar-refractivity contribution >= 4 is 5.97 Å². The quantitative estimate of drug-likeness (QED) is 0.902. The molecule has 1 aromatic heterocycles. The molecular weight excluding hydrogens is 268 g/mol. The van der Waals surface area contributed by atoms with Gasteiger partial charge in [0.25, 0.3) is 0 Å². The zero-order valence-electron chi connectivity index (χ0n) is 13.0. The number of fused-ring (bicyclic) bond motifs is 1. The third-order valence-electron chi connectivity index (χ3n) is 4.83. The molecule has 6 nitrogen and oxygen atoms in total. The Morgan fingerprint density at radius 2 is 2.05 bits per heavy atom. The second kappa shape index (κ2) is 5.07. The van der Waals surface area contributed by atoms with E-state index in [1.165, 1.54) is 19.3 Å². The van der Waals surface area contributed by atoms with Crippen molar-refractivity contribution in [1.82, 2.24) is 20.2 Å². The maximum Gasteiger partial charge on any atom is 0.305 e. The van der Waals surface area contributed by atoms with E-state index in [1.807, 2.05) is 4.68 Å². The summed E-state index contributed by atoms with van der Waals surface area (Å²) in [5.41, 5.74) is 0.0444. The Hall–Kier alpha value is -1.46. The van der Waals surface area contributed by atoms with Crippen molar-refractivity contribution in [3.05, 3.63) is 5.82 Å². The third-order valence-corrected chi connectivity index (χ3v) is 4.83. The van der Waals surface area contributed by atoms with Gasteiger partial charge in [-0.2, -0.15) is 0 Å². The minimum Gasteiger partial charge on any atom is -0.481 e. The Balaban J connectivity index is 1.82. The molecule has 2 aliphatic carbocycles. The normalized spacial score (nSPS) is 29.2. The van der Waals surface area contributed by atoms with E-state index in [0.717, 1.165) is 24.1 Å². The third kappa shape index (κ3) is 2.94. The van der Waals surface area contributed by atoms with Crippen LogP contribution in [0.5, 0.6) is 0 Å². The minimum absolute atomic E-state index is 0.0444. The summed E-state index contributed by atoms with van der Waals surface area (Å²) >= 11 is 0. The molecule has 0 aliphatic heterocycles. The predicted molar refractivity (Wildman–Crippen MR) is 76.8 cm³/mol. The van der Waals surface area contributed by atoms with Crippen molar-refractivity contribution in [1.29, 1.82) is 0 Å². The smallest absolute Gasteiger partial charge is 0.305 e. The van der Waals surface area contributed by atoms with Gasteiger partial charge in [-0.1, -0.05) is 27.2 Å². The van der Waals surface area contributed by atoms with Crippen molar-refractivity contribution in [2.45, 2.75) is 64.8 Å². The number of nitrogens with zero attached hydrogens (tertiary/aromatic N) is 4. The monoisotopic (exact) mass is 292 g/mol. The van der Waals surface area contributed by atoms with Crippen LogP contribution in [-0.4, -0.2) is 31.3 Å². The number of carboxylic acid groups (broad SMARTS) is 1. The van der Waals surface area contributed by atoms with E-state index in [-0.39, 0.29) is 17.9 Å². The number of aromatic nitrogens is 4. The Bertz CT molecular complexity index is 524. The zero-order chi connectivity index (χ0) is 15.2. The topological polar surface area (TPSA) is 80.9 Å². The molecule has 3 rings (SSSR count). The van der Waals surface area contributed by atoms with Crippen LogP contribution in [0.15, 0.2) is 0 Å². The van der Waals surface area contributed by atoms with Gasteiger partial charge in [0, 0.05) is 5.92 Å². The van der Waals surface area contributed by atoms with Crippen LogP contribution in [0.4, 0.5) is 0 Å². The van der Waals surface area contributed by atoms with Crippen LogP contribution in [0.2, 0.25) is 0 Å². The SMILES string of the molecule is CC(C)(C)CC(CC(=O)O)n1nnnc1C1C2CCCC21. The van der Waals surface area contributed by atoms with Gasteiger partial charge in [0.2, 0.25) is 0 Å². The number of carbonyl (C=O) groups is 1. The van der Waals surface area contributed by atoms with E-state index in [2.05, 4.69) is 36.3 Å². The van der Waals surface area contributed by atoms with Crippen LogP contribution in [0.1, 0.15) is 70.7 Å². The highest BCUT2D eigenvalue weighted by molar-refractivity contribution is 5.67. The van der Waals surface area contributed by atoms with Gasteiger partial charge < -0.3 is 5.11 Å².